The summed E-state index contributed by atoms with van der Waals surface area (Å²) in [6, 6.07) is 8.11. The van der Waals surface area contributed by atoms with Crippen LogP contribution in [0.1, 0.15) is 44.7 Å². The molecule has 1 fully saturated rings. The summed E-state index contributed by atoms with van der Waals surface area (Å²) >= 11 is 0. The van der Waals surface area contributed by atoms with E-state index in [9.17, 15) is 4.79 Å². The molecule has 0 aliphatic carbocycles. The Labute approximate surface area is 152 Å². The fourth-order valence-corrected chi connectivity index (χ4v) is 3.06. The summed E-state index contributed by atoms with van der Waals surface area (Å²) in [5.41, 5.74) is 8.30. The minimum absolute atomic E-state index is 0. The first-order chi connectivity index (χ1) is 11.0. The predicted octanol–water partition coefficient (Wildman–Crippen LogP) is 2.94. The summed E-state index contributed by atoms with van der Waals surface area (Å²) in [6.07, 6.45) is 2.66. The lowest BCUT2D eigenvalue weighted by molar-refractivity contribution is -0.123. The lowest BCUT2D eigenvalue weighted by Gasteiger charge is -2.30. The average molecular weight is 354 g/mol. The summed E-state index contributed by atoms with van der Waals surface area (Å²) in [5, 5.41) is 2.91. The molecule has 1 aromatic rings. The second kappa shape index (κ2) is 10.0. The number of benzene rings is 1. The summed E-state index contributed by atoms with van der Waals surface area (Å²) < 4.78 is 0. The van der Waals surface area contributed by atoms with Crippen molar-refractivity contribution in [1.82, 2.24) is 10.2 Å². The normalized spacial score (nSPS) is 19.6. The van der Waals surface area contributed by atoms with Gasteiger partial charge in [-0.05, 0) is 42.3 Å². The van der Waals surface area contributed by atoms with Gasteiger partial charge in [-0.2, -0.15) is 0 Å². The third-order valence-corrected chi connectivity index (χ3v) is 4.66. The third kappa shape index (κ3) is 6.42. The van der Waals surface area contributed by atoms with E-state index in [4.69, 9.17) is 5.73 Å². The first kappa shape index (κ1) is 20.9. The number of nitrogens with two attached hydrogens (primary N) is 1. The first-order valence-corrected chi connectivity index (χ1v) is 8.79. The fourth-order valence-electron chi connectivity index (χ4n) is 3.06. The average Bonchev–Trinajstić information content (AvgIpc) is 2.53. The highest BCUT2D eigenvalue weighted by Gasteiger charge is 2.17. The number of likely N-dealkylation sites (tertiary alicyclic amines) is 1. The SMILES string of the molecule is CC1CCCN(Cc2ccc(CNC(=O)[C@@H](N)C(C)C)cc2)C1.Cl. The van der Waals surface area contributed by atoms with Gasteiger partial charge in [-0.25, -0.2) is 0 Å². The number of piperidine rings is 1. The topological polar surface area (TPSA) is 58.4 Å². The molecule has 1 unspecified atom stereocenters. The number of nitrogens with zero attached hydrogens (tertiary/aromatic N) is 1. The van der Waals surface area contributed by atoms with E-state index in [1.165, 1.54) is 31.5 Å². The zero-order valence-corrected chi connectivity index (χ0v) is 15.9. The number of hydrogen-bond acceptors (Lipinski definition) is 3. The van der Waals surface area contributed by atoms with Crippen LogP contribution in [0.25, 0.3) is 0 Å². The van der Waals surface area contributed by atoms with Crippen LogP contribution < -0.4 is 11.1 Å². The molecule has 1 amide bonds. The molecule has 136 valence electrons. The Balaban J connectivity index is 0.00000288. The van der Waals surface area contributed by atoms with E-state index < -0.39 is 6.04 Å². The monoisotopic (exact) mass is 353 g/mol. The zero-order valence-electron chi connectivity index (χ0n) is 15.1. The van der Waals surface area contributed by atoms with Crippen LogP contribution in [0.15, 0.2) is 24.3 Å². The molecule has 3 N–H and O–H groups in total. The van der Waals surface area contributed by atoms with Gasteiger partial charge in [0.2, 0.25) is 5.91 Å². The van der Waals surface area contributed by atoms with Crippen LogP contribution in [-0.2, 0) is 17.9 Å². The van der Waals surface area contributed by atoms with E-state index in [0.29, 0.717) is 6.54 Å². The van der Waals surface area contributed by atoms with Crippen molar-refractivity contribution in [3.63, 3.8) is 0 Å². The van der Waals surface area contributed by atoms with Gasteiger partial charge >= 0.3 is 0 Å². The van der Waals surface area contributed by atoms with Crippen LogP contribution in [0.3, 0.4) is 0 Å². The van der Waals surface area contributed by atoms with Gasteiger partial charge in [-0.1, -0.05) is 45.0 Å². The quantitative estimate of drug-likeness (QED) is 0.826. The van der Waals surface area contributed by atoms with Crippen LogP contribution in [0, 0.1) is 11.8 Å². The van der Waals surface area contributed by atoms with Crippen molar-refractivity contribution in [2.75, 3.05) is 13.1 Å². The summed E-state index contributed by atoms with van der Waals surface area (Å²) in [5.74, 6) is 0.888. The van der Waals surface area contributed by atoms with Gasteiger partial charge in [0, 0.05) is 19.6 Å². The number of hydrogen-bond donors (Lipinski definition) is 2. The van der Waals surface area contributed by atoms with E-state index in [0.717, 1.165) is 18.0 Å². The van der Waals surface area contributed by atoms with Gasteiger partial charge in [-0.15, -0.1) is 12.4 Å². The second-order valence-corrected chi connectivity index (χ2v) is 7.29. The first-order valence-electron chi connectivity index (χ1n) is 8.79. The van der Waals surface area contributed by atoms with E-state index in [-0.39, 0.29) is 24.2 Å². The molecule has 1 heterocycles. The summed E-state index contributed by atoms with van der Waals surface area (Å²) in [7, 11) is 0. The highest BCUT2D eigenvalue weighted by molar-refractivity contribution is 5.85. The molecule has 2 rings (SSSR count). The Bertz CT molecular complexity index is 504. The van der Waals surface area contributed by atoms with Crippen LogP contribution >= 0.6 is 12.4 Å². The standard InChI is InChI=1S/C19H31N3O.ClH/c1-14(2)18(20)19(23)21-11-16-6-8-17(9-7-16)13-22-10-4-5-15(3)12-22;/h6-9,14-15,18H,4-5,10-13,20H2,1-3H3,(H,21,23);1H/t15?,18-;/m0./s1. The van der Waals surface area contributed by atoms with Crippen LogP contribution in [0.5, 0.6) is 0 Å². The zero-order chi connectivity index (χ0) is 16.8. The Morgan fingerprint density at radius 1 is 1.29 bits per heavy atom. The molecule has 1 aliphatic rings. The summed E-state index contributed by atoms with van der Waals surface area (Å²) in [6.45, 7) is 10.2. The van der Waals surface area contributed by atoms with Gasteiger partial charge in [0.15, 0.2) is 0 Å². The molecule has 24 heavy (non-hydrogen) atoms. The van der Waals surface area contributed by atoms with Crippen molar-refractivity contribution in [2.24, 2.45) is 17.6 Å². The Kier molecular flexibility index (Phi) is 8.74. The van der Waals surface area contributed by atoms with Crippen LogP contribution in [-0.4, -0.2) is 29.9 Å². The molecule has 0 aromatic heterocycles. The molecular weight excluding hydrogens is 322 g/mol. The molecule has 5 heteroatoms. The van der Waals surface area contributed by atoms with E-state index >= 15 is 0 Å². The highest BCUT2D eigenvalue weighted by atomic mass is 35.5. The van der Waals surface area contributed by atoms with Gasteiger partial charge in [0.1, 0.15) is 0 Å². The fraction of sp³-hybridized carbons (Fsp3) is 0.632. The predicted molar refractivity (Wildman–Crippen MR) is 102 cm³/mol. The maximum atomic E-state index is 11.9. The Morgan fingerprint density at radius 3 is 2.50 bits per heavy atom. The molecule has 1 saturated heterocycles. The number of amides is 1. The van der Waals surface area contributed by atoms with Crippen molar-refractivity contribution in [2.45, 2.75) is 52.7 Å². The van der Waals surface area contributed by atoms with Gasteiger partial charge in [0.05, 0.1) is 6.04 Å². The van der Waals surface area contributed by atoms with Crippen molar-refractivity contribution < 1.29 is 4.79 Å². The molecule has 0 saturated carbocycles. The molecule has 1 aliphatic heterocycles. The van der Waals surface area contributed by atoms with Gasteiger partial charge < -0.3 is 11.1 Å². The molecule has 0 radical (unpaired) electrons. The molecule has 0 spiro atoms. The minimum Gasteiger partial charge on any atom is -0.351 e. The lowest BCUT2D eigenvalue weighted by atomic mass is 9.99. The van der Waals surface area contributed by atoms with Crippen LogP contribution in [0.2, 0.25) is 0 Å². The Hall–Kier alpha value is -1.10. The van der Waals surface area contributed by atoms with Gasteiger partial charge in [-0.3, -0.25) is 9.69 Å². The molecular formula is C19H32ClN3O. The number of nitrogens with one attached hydrogen (secondary N) is 1. The van der Waals surface area contributed by atoms with Gasteiger partial charge in [0.25, 0.3) is 0 Å². The van der Waals surface area contributed by atoms with E-state index in [1.54, 1.807) is 0 Å². The van der Waals surface area contributed by atoms with Crippen molar-refractivity contribution in [3.8, 4) is 0 Å². The van der Waals surface area contributed by atoms with Crippen molar-refractivity contribution in [3.05, 3.63) is 35.4 Å². The van der Waals surface area contributed by atoms with E-state index in [2.05, 4.69) is 41.4 Å². The number of rotatable bonds is 6. The molecule has 2 atom stereocenters. The van der Waals surface area contributed by atoms with Crippen molar-refractivity contribution >= 4 is 18.3 Å². The minimum atomic E-state index is -0.435. The van der Waals surface area contributed by atoms with Crippen molar-refractivity contribution in [1.29, 1.82) is 0 Å². The second-order valence-electron chi connectivity index (χ2n) is 7.29. The maximum absolute atomic E-state index is 11.9. The number of carbonyl (C=O) groups excluding carboxylic acids is 1. The maximum Gasteiger partial charge on any atom is 0.237 e. The smallest absolute Gasteiger partial charge is 0.237 e. The molecule has 4 nitrogen and oxygen atoms in total. The van der Waals surface area contributed by atoms with Crippen LogP contribution in [0.4, 0.5) is 0 Å². The largest absolute Gasteiger partial charge is 0.351 e. The highest BCUT2D eigenvalue weighted by Crippen LogP contribution is 2.18. The number of carbonyl (C=O) groups is 1. The Morgan fingerprint density at radius 2 is 1.92 bits per heavy atom. The molecule has 0 bridgehead atoms. The van der Waals surface area contributed by atoms with E-state index in [1.807, 2.05) is 13.8 Å². The number of halogens is 1. The molecule has 1 aromatic carbocycles. The third-order valence-electron chi connectivity index (χ3n) is 4.66. The summed E-state index contributed by atoms with van der Waals surface area (Å²) in [4.78, 5) is 14.4. The lowest BCUT2D eigenvalue weighted by Crippen LogP contribution is -2.43.